The highest BCUT2D eigenvalue weighted by molar-refractivity contribution is 7.80. The third kappa shape index (κ3) is 11.6. The largest absolute Gasteiger partial charge is 0.480 e. The highest BCUT2D eigenvalue weighted by Crippen LogP contribution is 2.04. The molecule has 0 fully saturated rings. The Morgan fingerprint density at radius 1 is 0.759 bits per heavy atom. The molecule has 0 bridgehead atoms. The molecular weight excluding hydrogens is 400 g/mol. The van der Waals surface area contributed by atoms with E-state index in [1.54, 1.807) is 0 Å². The highest BCUT2D eigenvalue weighted by Gasteiger charge is 2.28. The van der Waals surface area contributed by atoms with Crippen LogP contribution in [0.3, 0.4) is 0 Å². The lowest BCUT2D eigenvalue weighted by atomic mass is 10.1. The first-order valence-corrected chi connectivity index (χ1v) is 10.3. The van der Waals surface area contributed by atoms with E-state index < -0.39 is 41.8 Å². The molecule has 11 nitrogen and oxygen atoms in total. The second-order valence-corrected chi connectivity index (χ2v) is 6.90. The SMILES string of the molecule is NCCCCC(NC(=O)C(CS)NC(=O)C(CCCCN)NC(=O)CN)C(=O)O. The molecule has 0 radical (unpaired) electrons. The quantitative estimate of drug-likeness (QED) is 0.0975. The van der Waals surface area contributed by atoms with E-state index in [9.17, 15) is 24.3 Å². The summed E-state index contributed by atoms with van der Waals surface area (Å²) in [5.41, 5.74) is 16.1. The molecule has 29 heavy (non-hydrogen) atoms. The van der Waals surface area contributed by atoms with Gasteiger partial charge in [-0.2, -0.15) is 12.6 Å². The Balaban J connectivity index is 4.97. The summed E-state index contributed by atoms with van der Waals surface area (Å²) in [6.45, 7) is 0.595. The van der Waals surface area contributed by atoms with E-state index in [1.807, 2.05) is 0 Å². The summed E-state index contributed by atoms with van der Waals surface area (Å²) in [4.78, 5) is 47.9. The molecule has 0 heterocycles. The first kappa shape index (κ1) is 27.1. The van der Waals surface area contributed by atoms with Gasteiger partial charge in [0.05, 0.1) is 6.54 Å². The van der Waals surface area contributed by atoms with Crippen LogP contribution in [0.4, 0.5) is 0 Å². The van der Waals surface area contributed by atoms with Crippen molar-refractivity contribution in [2.45, 2.75) is 56.7 Å². The number of thiol groups is 1. The summed E-state index contributed by atoms with van der Waals surface area (Å²) in [5, 5.41) is 16.7. The van der Waals surface area contributed by atoms with Crippen molar-refractivity contribution in [1.82, 2.24) is 16.0 Å². The van der Waals surface area contributed by atoms with Crippen molar-refractivity contribution < 1.29 is 24.3 Å². The summed E-state index contributed by atoms with van der Waals surface area (Å²) in [7, 11) is 0. The second-order valence-electron chi connectivity index (χ2n) is 6.54. The Morgan fingerprint density at radius 2 is 1.24 bits per heavy atom. The summed E-state index contributed by atoms with van der Waals surface area (Å²) in [6.07, 6.45) is 2.99. The van der Waals surface area contributed by atoms with E-state index in [-0.39, 0.29) is 18.7 Å². The van der Waals surface area contributed by atoms with Crippen molar-refractivity contribution in [2.75, 3.05) is 25.4 Å². The van der Waals surface area contributed by atoms with Gasteiger partial charge in [-0.1, -0.05) is 0 Å². The van der Waals surface area contributed by atoms with Crippen molar-refractivity contribution in [3.63, 3.8) is 0 Å². The molecule has 0 aromatic rings. The van der Waals surface area contributed by atoms with Crippen molar-refractivity contribution in [1.29, 1.82) is 0 Å². The molecule has 0 saturated carbocycles. The van der Waals surface area contributed by atoms with Crippen LogP contribution in [-0.4, -0.2) is 72.3 Å². The van der Waals surface area contributed by atoms with Gasteiger partial charge in [0.15, 0.2) is 0 Å². The zero-order chi connectivity index (χ0) is 22.2. The van der Waals surface area contributed by atoms with E-state index in [1.165, 1.54) is 0 Å². The second kappa shape index (κ2) is 16.0. The minimum atomic E-state index is -1.17. The lowest BCUT2D eigenvalue weighted by molar-refractivity contribution is -0.142. The van der Waals surface area contributed by atoms with Gasteiger partial charge in [0, 0.05) is 5.75 Å². The van der Waals surface area contributed by atoms with E-state index >= 15 is 0 Å². The fraction of sp³-hybridized carbons (Fsp3) is 0.765. The normalized spacial score (nSPS) is 13.8. The average Bonchev–Trinajstić information content (AvgIpc) is 2.69. The Morgan fingerprint density at radius 3 is 1.69 bits per heavy atom. The average molecular weight is 435 g/mol. The highest BCUT2D eigenvalue weighted by atomic mass is 32.1. The lowest BCUT2D eigenvalue weighted by Gasteiger charge is -2.23. The van der Waals surface area contributed by atoms with Gasteiger partial charge >= 0.3 is 5.97 Å². The molecule has 0 spiro atoms. The van der Waals surface area contributed by atoms with Crippen LogP contribution in [-0.2, 0) is 19.2 Å². The summed E-state index contributed by atoms with van der Waals surface area (Å²) >= 11 is 4.07. The molecule has 0 aliphatic rings. The van der Waals surface area contributed by atoms with Crippen LogP contribution in [0.2, 0.25) is 0 Å². The number of carboxylic acids is 1. The topological polar surface area (TPSA) is 203 Å². The molecule has 0 aliphatic heterocycles. The van der Waals surface area contributed by atoms with Gasteiger partial charge in [-0.3, -0.25) is 14.4 Å². The molecule has 3 unspecified atom stereocenters. The smallest absolute Gasteiger partial charge is 0.326 e. The number of nitrogens with two attached hydrogens (primary N) is 3. The third-order valence-corrected chi connectivity index (χ3v) is 4.53. The number of carboxylic acid groups (broad SMARTS) is 1. The first-order valence-electron chi connectivity index (χ1n) is 9.64. The number of hydrogen-bond donors (Lipinski definition) is 8. The fourth-order valence-corrected chi connectivity index (χ4v) is 2.76. The van der Waals surface area contributed by atoms with Crippen LogP contribution in [0.25, 0.3) is 0 Å². The third-order valence-electron chi connectivity index (χ3n) is 4.16. The summed E-state index contributed by atoms with van der Waals surface area (Å²) in [5.74, 6) is -2.97. The maximum atomic E-state index is 12.6. The lowest BCUT2D eigenvalue weighted by Crippen LogP contribution is -2.56. The molecule has 0 aromatic carbocycles. The van der Waals surface area contributed by atoms with E-state index in [2.05, 4.69) is 28.6 Å². The molecule has 0 saturated heterocycles. The molecular formula is C17H34N6O5S. The Bertz CT molecular complexity index is 536. The standard InChI is InChI=1S/C17H34N6O5S/c18-7-3-1-5-11(21-14(24)9-20)15(25)23-13(10-29)16(26)22-12(17(27)28)6-2-4-8-19/h11-13,29H,1-10,18-20H2,(H,21,24)(H,22,26)(H,23,25)(H,27,28). The molecule has 0 aromatic heterocycles. The molecule has 0 rings (SSSR count). The molecule has 168 valence electrons. The molecule has 3 amide bonds. The number of amides is 3. The Kier molecular flexibility index (Phi) is 14.9. The number of hydrogen-bond acceptors (Lipinski definition) is 8. The van der Waals surface area contributed by atoms with Crippen molar-refractivity contribution >= 4 is 36.3 Å². The van der Waals surface area contributed by atoms with E-state index in [0.29, 0.717) is 45.2 Å². The van der Waals surface area contributed by atoms with Gasteiger partial charge in [-0.25, -0.2) is 4.79 Å². The molecule has 12 heteroatoms. The van der Waals surface area contributed by atoms with Gasteiger partial charge in [-0.05, 0) is 51.6 Å². The van der Waals surface area contributed by atoms with Crippen LogP contribution in [0.5, 0.6) is 0 Å². The predicted molar refractivity (Wildman–Crippen MR) is 112 cm³/mol. The number of aliphatic carboxylic acids is 1. The molecule has 0 aliphatic carbocycles. The van der Waals surface area contributed by atoms with Gasteiger partial charge in [-0.15, -0.1) is 0 Å². The number of rotatable bonds is 16. The van der Waals surface area contributed by atoms with Gasteiger partial charge in [0.1, 0.15) is 18.1 Å². The van der Waals surface area contributed by atoms with E-state index in [4.69, 9.17) is 17.2 Å². The number of carbonyl (C=O) groups is 4. The Hall–Kier alpha value is -1.89. The minimum Gasteiger partial charge on any atom is -0.480 e. The maximum Gasteiger partial charge on any atom is 0.326 e. The van der Waals surface area contributed by atoms with Crippen LogP contribution in [0.1, 0.15) is 38.5 Å². The van der Waals surface area contributed by atoms with Gasteiger partial charge in [0.25, 0.3) is 0 Å². The van der Waals surface area contributed by atoms with Crippen molar-refractivity contribution in [3.05, 3.63) is 0 Å². The van der Waals surface area contributed by atoms with Crippen LogP contribution in [0, 0.1) is 0 Å². The summed E-state index contributed by atoms with van der Waals surface area (Å²) < 4.78 is 0. The monoisotopic (exact) mass is 434 g/mol. The minimum absolute atomic E-state index is 0.0485. The zero-order valence-corrected chi connectivity index (χ0v) is 17.5. The van der Waals surface area contributed by atoms with Crippen LogP contribution < -0.4 is 33.2 Å². The number of unbranched alkanes of at least 4 members (excludes halogenated alkanes) is 2. The van der Waals surface area contributed by atoms with Crippen molar-refractivity contribution in [2.24, 2.45) is 17.2 Å². The molecule has 3 atom stereocenters. The zero-order valence-electron chi connectivity index (χ0n) is 16.6. The van der Waals surface area contributed by atoms with Gasteiger partial charge < -0.3 is 38.3 Å². The maximum absolute atomic E-state index is 12.6. The van der Waals surface area contributed by atoms with Gasteiger partial charge in [0.2, 0.25) is 17.7 Å². The predicted octanol–water partition coefficient (Wildman–Crippen LogP) is -2.33. The number of nitrogens with one attached hydrogen (secondary N) is 3. The van der Waals surface area contributed by atoms with E-state index in [0.717, 1.165) is 0 Å². The molecule has 10 N–H and O–H groups in total. The van der Waals surface area contributed by atoms with Crippen molar-refractivity contribution in [3.8, 4) is 0 Å². The number of carbonyl (C=O) groups excluding carboxylic acids is 3. The first-order chi connectivity index (χ1) is 13.8. The fourth-order valence-electron chi connectivity index (χ4n) is 2.50. The Labute approximate surface area is 176 Å². The van der Waals surface area contributed by atoms with Crippen LogP contribution >= 0.6 is 12.6 Å². The van der Waals surface area contributed by atoms with Crippen LogP contribution in [0.15, 0.2) is 0 Å². The summed E-state index contributed by atoms with van der Waals surface area (Å²) in [6, 6.07) is -3.03.